The highest BCUT2D eigenvalue weighted by Crippen LogP contribution is 2.64. The molecule has 2 aliphatic carbocycles. The normalized spacial score (nSPS) is 29.3. The molecule has 0 bridgehead atoms. The standard InChI is InChI=1S/C36H46ClIN4O5/c1-33(2,3)47-32(46)40-24-17-20(16-21(37)18-24)28-29(30(44)39-23-7-9-25(43)10-8-23)42-35(14-12-34(4,5)13-15-35)36(28)26-11-6-22(38)19-27(26)41-31(36)45/h6,11,16-19,23,25,28-29,42-43H,7-10,12-15H2,1-5H3,(H,39,44)(H,40,46)(H,41,45)/t23-,25-,28-,29+,36+/m0/s1. The third-order valence-corrected chi connectivity index (χ3v) is 11.6. The zero-order valence-corrected chi connectivity index (χ0v) is 30.7. The van der Waals surface area contributed by atoms with Crippen molar-refractivity contribution in [1.29, 1.82) is 0 Å². The number of aliphatic hydroxyl groups is 1. The topological polar surface area (TPSA) is 129 Å². The van der Waals surface area contributed by atoms with Crippen molar-refractivity contribution in [3.8, 4) is 0 Å². The van der Waals surface area contributed by atoms with Gasteiger partial charge in [0.2, 0.25) is 11.8 Å². The summed E-state index contributed by atoms with van der Waals surface area (Å²) in [5.41, 5.74) is 0.267. The number of anilines is 2. The highest BCUT2D eigenvalue weighted by molar-refractivity contribution is 14.1. The SMILES string of the molecule is CC1(C)CCC2(CC1)N[C@@H](C(=O)N[C@H]1CC[C@H](O)CC1)[C@H](c1cc(Cl)cc(NC(=O)OC(C)(C)C)c1)[C@]21C(=O)Nc2cc(I)ccc21. The van der Waals surface area contributed by atoms with Gasteiger partial charge < -0.3 is 20.5 Å². The molecule has 3 amide bonds. The smallest absolute Gasteiger partial charge is 0.412 e. The van der Waals surface area contributed by atoms with Gasteiger partial charge in [-0.3, -0.25) is 20.2 Å². The molecule has 2 aliphatic heterocycles. The average molecular weight is 777 g/mol. The molecule has 2 heterocycles. The van der Waals surface area contributed by atoms with Crippen LogP contribution in [0.15, 0.2) is 36.4 Å². The molecule has 5 N–H and O–H groups in total. The Morgan fingerprint density at radius 1 is 1.02 bits per heavy atom. The first-order chi connectivity index (χ1) is 22.0. The molecule has 0 aromatic heterocycles. The van der Waals surface area contributed by atoms with Crippen molar-refractivity contribution in [2.45, 2.75) is 127 Å². The summed E-state index contributed by atoms with van der Waals surface area (Å²) in [7, 11) is 0. The number of aliphatic hydroxyl groups excluding tert-OH is 1. The molecule has 6 rings (SSSR count). The van der Waals surface area contributed by atoms with Crippen LogP contribution in [-0.2, 0) is 19.7 Å². The molecular formula is C36H46ClIN4O5. The number of ether oxygens (including phenoxy) is 1. The maximum Gasteiger partial charge on any atom is 0.412 e. The van der Waals surface area contributed by atoms with Crippen LogP contribution in [0.3, 0.4) is 0 Å². The highest BCUT2D eigenvalue weighted by atomic mass is 127. The summed E-state index contributed by atoms with van der Waals surface area (Å²) >= 11 is 9.03. The van der Waals surface area contributed by atoms with Gasteiger partial charge in [0.1, 0.15) is 11.0 Å². The number of fused-ring (bicyclic) bond motifs is 3. The van der Waals surface area contributed by atoms with Gasteiger partial charge in [0.05, 0.1) is 12.1 Å². The molecule has 0 radical (unpaired) electrons. The second-order valence-corrected chi connectivity index (χ2v) is 17.4. The lowest BCUT2D eigenvalue weighted by Gasteiger charge is -2.50. The molecule has 2 aromatic rings. The number of halogens is 2. The molecule has 47 heavy (non-hydrogen) atoms. The van der Waals surface area contributed by atoms with Crippen LogP contribution >= 0.6 is 34.2 Å². The minimum atomic E-state index is -1.14. The summed E-state index contributed by atoms with van der Waals surface area (Å²) in [5, 5.41) is 23.7. The van der Waals surface area contributed by atoms with Crippen molar-refractivity contribution in [1.82, 2.24) is 10.6 Å². The van der Waals surface area contributed by atoms with Crippen molar-refractivity contribution in [3.63, 3.8) is 0 Å². The van der Waals surface area contributed by atoms with Crippen LogP contribution < -0.4 is 21.3 Å². The summed E-state index contributed by atoms with van der Waals surface area (Å²) in [6, 6.07) is 10.5. The zero-order valence-electron chi connectivity index (χ0n) is 27.8. The summed E-state index contributed by atoms with van der Waals surface area (Å²) in [6.07, 6.45) is 4.88. The summed E-state index contributed by atoms with van der Waals surface area (Å²) < 4.78 is 6.52. The van der Waals surface area contributed by atoms with Gasteiger partial charge in [-0.2, -0.15) is 0 Å². The van der Waals surface area contributed by atoms with Crippen LogP contribution in [0.25, 0.3) is 0 Å². The number of carbonyl (C=O) groups excluding carboxylic acids is 3. The summed E-state index contributed by atoms with van der Waals surface area (Å²) in [5.74, 6) is -0.965. The molecule has 11 heteroatoms. The maximum absolute atomic E-state index is 14.8. The second kappa shape index (κ2) is 12.5. The van der Waals surface area contributed by atoms with Gasteiger partial charge in [-0.05, 0) is 142 Å². The van der Waals surface area contributed by atoms with Gasteiger partial charge in [0.15, 0.2) is 0 Å². The van der Waals surface area contributed by atoms with E-state index in [-0.39, 0.29) is 29.4 Å². The van der Waals surface area contributed by atoms with Crippen LogP contribution in [0, 0.1) is 8.99 Å². The Balaban J connectivity index is 1.51. The van der Waals surface area contributed by atoms with Crippen molar-refractivity contribution < 1.29 is 24.2 Å². The van der Waals surface area contributed by atoms with E-state index in [0.29, 0.717) is 54.8 Å². The van der Waals surface area contributed by atoms with Gasteiger partial charge >= 0.3 is 6.09 Å². The summed E-state index contributed by atoms with van der Waals surface area (Å²) in [6.45, 7) is 9.90. The van der Waals surface area contributed by atoms with Crippen LogP contribution in [0.5, 0.6) is 0 Å². The lowest BCUT2D eigenvalue weighted by Crippen LogP contribution is -2.61. The van der Waals surface area contributed by atoms with E-state index in [4.69, 9.17) is 16.3 Å². The molecular weight excluding hydrogens is 731 g/mol. The van der Waals surface area contributed by atoms with Gasteiger partial charge in [-0.1, -0.05) is 31.5 Å². The summed E-state index contributed by atoms with van der Waals surface area (Å²) in [4.78, 5) is 42.3. The van der Waals surface area contributed by atoms with Crippen molar-refractivity contribution in [3.05, 3.63) is 56.1 Å². The molecule has 2 aromatic carbocycles. The van der Waals surface area contributed by atoms with Crippen molar-refractivity contribution >= 4 is 63.5 Å². The first-order valence-corrected chi connectivity index (χ1v) is 18.2. The zero-order chi connectivity index (χ0) is 33.9. The van der Waals surface area contributed by atoms with Gasteiger partial charge in [0, 0.05) is 37.5 Å². The number of nitrogens with one attached hydrogen (secondary N) is 4. The lowest BCUT2D eigenvalue weighted by molar-refractivity contribution is -0.125. The largest absolute Gasteiger partial charge is 0.444 e. The number of carbonyl (C=O) groups is 3. The Bertz CT molecular complexity index is 1570. The van der Waals surface area contributed by atoms with Crippen LogP contribution in [0.4, 0.5) is 16.2 Å². The molecule has 254 valence electrons. The van der Waals surface area contributed by atoms with Crippen molar-refractivity contribution in [2.75, 3.05) is 10.6 Å². The minimum absolute atomic E-state index is 0.0684. The maximum atomic E-state index is 14.8. The Labute approximate surface area is 295 Å². The number of hydrogen-bond acceptors (Lipinski definition) is 6. The van der Waals surface area contributed by atoms with E-state index in [1.54, 1.807) is 26.8 Å². The minimum Gasteiger partial charge on any atom is -0.444 e. The van der Waals surface area contributed by atoms with Crippen LogP contribution in [0.1, 0.15) is 103 Å². The first kappa shape index (κ1) is 34.5. The Kier molecular flexibility index (Phi) is 9.15. The lowest BCUT2D eigenvalue weighted by atomic mass is 9.53. The third kappa shape index (κ3) is 6.51. The number of rotatable bonds is 4. The molecule has 2 spiro atoms. The Hall–Kier alpha value is -2.41. The van der Waals surface area contributed by atoms with E-state index in [1.165, 1.54) is 0 Å². The van der Waals surface area contributed by atoms with E-state index < -0.39 is 34.6 Å². The number of amides is 3. The molecule has 0 unspecified atom stereocenters. The van der Waals surface area contributed by atoms with E-state index in [9.17, 15) is 19.5 Å². The fourth-order valence-electron chi connectivity index (χ4n) is 8.48. The molecule has 4 aliphatic rings. The second-order valence-electron chi connectivity index (χ2n) is 15.7. The Morgan fingerprint density at radius 3 is 2.36 bits per heavy atom. The molecule has 3 atom stereocenters. The fourth-order valence-corrected chi connectivity index (χ4v) is 9.22. The fraction of sp³-hybridized carbons (Fsp3) is 0.583. The van der Waals surface area contributed by atoms with Crippen LogP contribution in [0.2, 0.25) is 5.02 Å². The van der Waals surface area contributed by atoms with E-state index in [0.717, 1.165) is 27.7 Å². The first-order valence-electron chi connectivity index (χ1n) is 16.7. The Morgan fingerprint density at radius 2 is 1.70 bits per heavy atom. The monoisotopic (exact) mass is 776 g/mol. The third-order valence-electron chi connectivity index (χ3n) is 10.7. The predicted molar refractivity (Wildman–Crippen MR) is 192 cm³/mol. The number of hydrogen-bond donors (Lipinski definition) is 5. The number of benzene rings is 2. The quantitative estimate of drug-likeness (QED) is 0.213. The average Bonchev–Trinajstić information content (AvgIpc) is 3.42. The van der Waals surface area contributed by atoms with Gasteiger partial charge in [-0.15, -0.1) is 0 Å². The van der Waals surface area contributed by atoms with E-state index >= 15 is 0 Å². The van der Waals surface area contributed by atoms with E-state index in [1.807, 2.05) is 30.3 Å². The predicted octanol–water partition coefficient (Wildman–Crippen LogP) is 7.00. The molecule has 3 fully saturated rings. The van der Waals surface area contributed by atoms with E-state index in [2.05, 4.69) is 57.7 Å². The van der Waals surface area contributed by atoms with Crippen molar-refractivity contribution in [2.24, 2.45) is 5.41 Å². The molecule has 1 saturated heterocycles. The molecule has 9 nitrogen and oxygen atoms in total. The highest BCUT2D eigenvalue weighted by Gasteiger charge is 2.72. The van der Waals surface area contributed by atoms with Gasteiger partial charge in [-0.25, -0.2) is 4.79 Å². The molecule has 2 saturated carbocycles. The van der Waals surface area contributed by atoms with Crippen LogP contribution in [-0.4, -0.2) is 52.3 Å². The van der Waals surface area contributed by atoms with Gasteiger partial charge in [0.25, 0.3) is 0 Å².